The number of thiophene rings is 1. The Morgan fingerprint density at radius 2 is 2.15 bits per heavy atom. The van der Waals surface area contributed by atoms with E-state index in [1.54, 1.807) is 0 Å². The Morgan fingerprint density at radius 1 is 1.31 bits per heavy atom. The molecule has 13 heavy (non-hydrogen) atoms. The molecule has 2 atom stereocenters. The van der Waals surface area contributed by atoms with Gasteiger partial charge >= 0.3 is 0 Å². The van der Waals surface area contributed by atoms with E-state index in [2.05, 4.69) is 17.5 Å². The summed E-state index contributed by atoms with van der Waals surface area (Å²) in [7, 11) is 0. The van der Waals surface area contributed by atoms with Crippen molar-refractivity contribution in [3.63, 3.8) is 0 Å². The number of hydrogen-bond donors (Lipinski definition) is 0. The van der Waals surface area contributed by atoms with Crippen LogP contribution in [0.1, 0.15) is 42.9 Å². The third-order valence-electron chi connectivity index (χ3n) is 2.81. The summed E-state index contributed by atoms with van der Waals surface area (Å²) in [5.41, 5.74) is 0. The molecule has 2 unspecified atom stereocenters. The van der Waals surface area contributed by atoms with Crippen LogP contribution in [0.25, 0.3) is 0 Å². The van der Waals surface area contributed by atoms with Gasteiger partial charge in [0.15, 0.2) is 0 Å². The fourth-order valence-electron chi connectivity index (χ4n) is 2.08. The van der Waals surface area contributed by atoms with E-state index in [9.17, 15) is 0 Å². The lowest BCUT2D eigenvalue weighted by Crippen LogP contribution is -2.02. The fourth-order valence-corrected chi connectivity index (χ4v) is 3.33. The van der Waals surface area contributed by atoms with Gasteiger partial charge in [-0.1, -0.05) is 18.9 Å². The monoisotopic (exact) mass is 214 g/mol. The van der Waals surface area contributed by atoms with Crippen molar-refractivity contribution in [2.45, 2.75) is 43.4 Å². The maximum absolute atomic E-state index is 6.24. The lowest BCUT2D eigenvalue weighted by atomic mass is 9.99. The minimum absolute atomic E-state index is 0.412. The highest BCUT2D eigenvalue weighted by atomic mass is 35.5. The summed E-state index contributed by atoms with van der Waals surface area (Å²) >= 11 is 8.12. The summed E-state index contributed by atoms with van der Waals surface area (Å²) < 4.78 is 0. The van der Waals surface area contributed by atoms with Crippen molar-refractivity contribution in [3.05, 3.63) is 22.4 Å². The zero-order valence-electron chi connectivity index (χ0n) is 7.71. The van der Waals surface area contributed by atoms with Gasteiger partial charge in [-0.2, -0.15) is 0 Å². The van der Waals surface area contributed by atoms with Crippen LogP contribution in [0.15, 0.2) is 17.5 Å². The van der Waals surface area contributed by atoms with Gasteiger partial charge in [0, 0.05) is 10.3 Å². The van der Waals surface area contributed by atoms with Crippen LogP contribution in [0.2, 0.25) is 0 Å². The first-order valence-corrected chi connectivity index (χ1v) is 6.35. The summed E-state index contributed by atoms with van der Waals surface area (Å²) in [6, 6.07) is 4.40. The molecule has 1 aromatic heterocycles. The summed E-state index contributed by atoms with van der Waals surface area (Å²) in [5.74, 6) is 0.741. The molecule has 0 aromatic carbocycles. The highest BCUT2D eigenvalue weighted by Gasteiger charge is 2.20. The van der Waals surface area contributed by atoms with E-state index in [1.165, 1.54) is 37.0 Å². The second-order valence-corrected chi connectivity index (χ2v) is 5.43. The minimum atomic E-state index is 0.412. The maximum atomic E-state index is 6.24. The van der Waals surface area contributed by atoms with E-state index in [4.69, 9.17) is 11.6 Å². The van der Waals surface area contributed by atoms with Crippen molar-refractivity contribution in [2.24, 2.45) is 0 Å². The molecule has 1 heterocycles. The second kappa shape index (κ2) is 4.47. The quantitative estimate of drug-likeness (QED) is 0.480. The van der Waals surface area contributed by atoms with E-state index in [-0.39, 0.29) is 0 Å². The third-order valence-corrected chi connectivity index (χ3v) is 4.24. The van der Waals surface area contributed by atoms with Crippen LogP contribution in [0.3, 0.4) is 0 Å². The molecule has 0 saturated heterocycles. The summed E-state index contributed by atoms with van der Waals surface area (Å²) in [5, 5.41) is 2.58. The van der Waals surface area contributed by atoms with Crippen molar-refractivity contribution in [2.75, 3.05) is 0 Å². The Balaban J connectivity index is 2.05. The van der Waals surface area contributed by atoms with E-state index in [0.29, 0.717) is 5.38 Å². The van der Waals surface area contributed by atoms with Gasteiger partial charge in [0.05, 0.1) is 0 Å². The van der Waals surface area contributed by atoms with E-state index in [0.717, 1.165) is 5.92 Å². The molecule has 0 aliphatic heterocycles. The van der Waals surface area contributed by atoms with E-state index >= 15 is 0 Å². The lowest BCUT2D eigenvalue weighted by Gasteiger charge is -2.13. The van der Waals surface area contributed by atoms with Gasteiger partial charge in [-0.15, -0.1) is 22.9 Å². The van der Waals surface area contributed by atoms with Crippen LogP contribution in [-0.4, -0.2) is 5.38 Å². The third kappa shape index (κ3) is 2.47. The molecule has 2 heteroatoms. The van der Waals surface area contributed by atoms with Gasteiger partial charge in [-0.05, 0) is 36.6 Å². The maximum Gasteiger partial charge on any atom is 0.0342 e. The topological polar surface area (TPSA) is 0 Å². The standard InChI is InChI=1S/C11H15ClS/c12-10-5-2-1-4-9(8-10)11-6-3-7-13-11/h3,6-7,9-10H,1-2,4-5,8H2. The molecular formula is C11H15ClS. The molecular weight excluding hydrogens is 200 g/mol. The van der Waals surface area contributed by atoms with E-state index in [1.807, 2.05) is 11.3 Å². The largest absolute Gasteiger partial charge is 0.149 e. The molecule has 0 nitrogen and oxygen atoms in total. The lowest BCUT2D eigenvalue weighted by molar-refractivity contribution is 0.605. The van der Waals surface area contributed by atoms with Crippen LogP contribution in [0.5, 0.6) is 0 Å². The molecule has 0 spiro atoms. The summed E-state index contributed by atoms with van der Waals surface area (Å²) in [6.45, 7) is 0. The molecule has 1 aromatic rings. The fraction of sp³-hybridized carbons (Fsp3) is 0.636. The average molecular weight is 215 g/mol. The first-order valence-electron chi connectivity index (χ1n) is 5.04. The van der Waals surface area contributed by atoms with Crippen molar-refractivity contribution in [1.29, 1.82) is 0 Å². The van der Waals surface area contributed by atoms with Gasteiger partial charge in [0.25, 0.3) is 0 Å². The Hall–Kier alpha value is -0.0100. The highest BCUT2D eigenvalue weighted by molar-refractivity contribution is 7.10. The van der Waals surface area contributed by atoms with Crippen molar-refractivity contribution in [1.82, 2.24) is 0 Å². The van der Waals surface area contributed by atoms with Crippen molar-refractivity contribution < 1.29 is 0 Å². The number of alkyl halides is 1. The molecule has 0 amide bonds. The molecule has 1 aliphatic rings. The first kappa shape index (κ1) is 9.54. The molecule has 0 bridgehead atoms. The predicted octanol–water partition coefficient (Wildman–Crippen LogP) is 4.40. The van der Waals surface area contributed by atoms with Crippen LogP contribution in [-0.2, 0) is 0 Å². The zero-order chi connectivity index (χ0) is 9.10. The molecule has 0 radical (unpaired) electrons. The Morgan fingerprint density at radius 3 is 2.92 bits per heavy atom. The smallest absolute Gasteiger partial charge is 0.0342 e. The molecule has 1 saturated carbocycles. The van der Waals surface area contributed by atoms with Crippen molar-refractivity contribution >= 4 is 22.9 Å². The second-order valence-electron chi connectivity index (χ2n) is 3.83. The number of halogens is 1. The molecule has 2 rings (SSSR count). The summed E-state index contributed by atoms with van der Waals surface area (Å²) in [6.07, 6.45) is 6.40. The van der Waals surface area contributed by atoms with Gasteiger partial charge in [0.2, 0.25) is 0 Å². The highest BCUT2D eigenvalue weighted by Crippen LogP contribution is 2.35. The predicted molar refractivity (Wildman–Crippen MR) is 59.8 cm³/mol. The van der Waals surface area contributed by atoms with Crippen LogP contribution < -0.4 is 0 Å². The van der Waals surface area contributed by atoms with Crippen LogP contribution >= 0.6 is 22.9 Å². The van der Waals surface area contributed by atoms with Crippen LogP contribution in [0, 0.1) is 0 Å². The van der Waals surface area contributed by atoms with E-state index < -0.39 is 0 Å². The van der Waals surface area contributed by atoms with Crippen molar-refractivity contribution in [3.8, 4) is 0 Å². The Bertz CT molecular complexity index is 243. The average Bonchev–Trinajstić information content (AvgIpc) is 2.56. The van der Waals surface area contributed by atoms with Gasteiger partial charge < -0.3 is 0 Å². The number of hydrogen-bond acceptors (Lipinski definition) is 1. The summed E-state index contributed by atoms with van der Waals surface area (Å²) in [4.78, 5) is 1.53. The normalized spacial score (nSPS) is 29.9. The van der Waals surface area contributed by atoms with Gasteiger partial charge in [-0.3, -0.25) is 0 Å². The minimum Gasteiger partial charge on any atom is -0.149 e. The van der Waals surface area contributed by atoms with Gasteiger partial charge in [-0.25, -0.2) is 0 Å². The molecule has 0 N–H and O–H groups in total. The zero-order valence-corrected chi connectivity index (χ0v) is 9.28. The Labute approximate surface area is 88.9 Å². The SMILES string of the molecule is ClC1CCCCC(c2cccs2)C1. The van der Waals surface area contributed by atoms with Gasteiger partial charge in [0.1, 0.15) is 0 Å². The first-order chi connectivity index (χ1) is 6.36. The van der Waals surface area contributed by atoms with Crippen LogP contribution in [0.4, 0.5) is 0 Å². The Kier molecular flexibility index (Phi) is 3.28. The molecule has 1 fully saturated rings. The molecule has 1 aliphatic carbocycles. The number of rotatable bonds is 1. The molecule has 72 valence electrons.